The molecule has 4 rings (SSSR count). The summed E-state index contributed by atoms with van der Waals surface area (Å²) in [5.41, 5.74) is 1.19. The molecule has 2 aromatic carbocycles. The van der Waals surface area contributed by atoms with Crippen LogP contribution >= 0.6 is 11.3 Å². The van der Waals surface area contributed by atoms with Crippen molar-refractivity contribution in [2.45, 2.75) is 12.5 Å². The molecular weight excluding hydrogens is 416 g/mol. The number of carbonyl (C=O) groups excluding carboxylic acids is 2. The van der Waals surface area contributed by atoms with Gasteiger partial charge in [-0.15, -0.1) is 11.3 Å². The van der Waals surface area contributed by atoms with E-state index in [4.69, 9.17) is 0 Å². The van der Waals surface area contributed by atoms with E-state index in [0.29, 0.717) is 16.9 Å². The van der Waals surface area contributed by atoms with E-state index in [-0.39, 0.29) is 17.8 Å². The third-order valence-electron chi connectivity index (χ3n) is 5.17. The first-order valence-corrected chi connectivity index (χ1v) is 10.5. The molecule has 1 aromatic heterocycles. The molecule has 7 nitrogen and oxygen atoms in total. The third kappa shape index (κ3) is 3.97. The Hall–Kier alpha value is -3.78. The van der Waals surface area contributed by atoms with Gasteiger partial charge in [-0.1, -0.05) is 48.5 Å². The maximum absolute atomic E-state index is 13.2. The number of hydrogen-bond donors (Lipinski definition) is 1. The van der Waals surface area contributed by atoms with Crippen molar-refractivity contribution in [3.8, 4) is 0 Å². The van der Waals surface area contributed by atoms with Crippen LogP contribution in [-0.2, 0) is 11.2 Å². The molecule has 1 N–H and O–H groups in total. The van der Waals surface area contributed by atoms with Crippen molar-refractivity contribution in [3.63, 3.8) is 0 Å². The van der Waals surface area contributed by atoms with Crippen LogP contribution in [0.4, 0.5) is 5.69 Å². The van der Waals surface area contributed by atoms with Crippen molar-refractivity contribution in [1.29, 1.82) is 0 Å². The van der Waals surface area contributed by atoms with Crippen LogP contribution in [0.15, 0.2) is 83.4 Å². The molecule has 0 aliphatic carbocycles. The maximum Gasteiger partial charge on any atom is 0.290 e. The first kappa shape index (κ1) is 20.5. The van der Waals surface area contributed by atoms with Crippen molar-refractivity contribution in [2.75, 3.05) is 6.54 Å². The number of hydrogen-bond acceptors (Lipinski definition) is 6. The number of Topliss-reactive ketones (excluding diaryl/α,β-unsaturated/α-hetero) is 1. The number of aliphatic hydroxyl groups excluding tert-OH is 1. The zero-order valence-electron chi connectivity index (χ0n) is 16.3. The fourth-order valence-corrected chi connectivity index (χ4v) is 4.38. The van der Waals surface area contributed by atoms with Crippen LogP contribution in [0.25, 0.3) is 0 Å². The molecule has 8 heteroatoms. The highest BCUT2D eigenvalue weighted by atomic mass is 32.1. The second-order valence-corrected chi connectivity index (χ2v) is 8.01. The molecule has 0 fully saturated rings. The van der Waals surface area contributed by atoms with Gasteiger partial charge >= 0.3 is 0 Å². The topological polar surface area (TPSA) is 101 Å². The highest BCUT2D eigenvalue weighted by molar-refractivity contribution is 7.12. The molecule has 1 amide bonds. The van der Waals surface area contributed by atoms with E-state index in [1.165, 1.54) is 34.4 Å². The number of nitro benzene ring substituents is 1. The minimum Gasteiger partial charge on any atom is -0.503 e. The van der Waals surface area contributed by atoms with Gasteiger partial charge in [0.05, 0.1) is 21.4 Å². The summed E-state index contributed by atoms with van der Waals surface area (Å²) < 4.78 is 0. The molecule has 156 valence electrons. The minimum atomic E-state index is -0.911. The second-order valence-electron chi connectivity index (χ2n) is 7.06. The van der Waals surface area contributed by atoms with Crippen LogP contribution in [0, 0.1) is 10.1 Å². The Morgan fingerprint density at radius 1 is 1.10 bits per heavy atom. The zero-order valence-corrected chi connectivity index (χ0v) is 17.1. The molecule has 0 saturated heterocycles. The van der Waals surface area contributed by atoms with Crippen molar-refractivity contribution < 1.29 is 19.6 Å². The highest BCUT2D eigenvalue weighted by Crippen LogP contribution is 2.40. The molecule has 0 spiro atoms. The van der Waals surface area contributed by atoms with Gasteiger partial charge in [-0.05, 0) is 29.0 Å². The van der Waals surface area contributed by atoms with Crippen LogP contribution < -0.4 is 0 Å². The SMILES string of the molecule is O=C(C1=C(O)C(=O)N(CCc2ccccc2)C1c1cccc([N+](=O)[O-])c1)c1cccs1. The number of nitro groups is 1. The summed E-state index contributed by atoms with van der Waals surface area (Å²) >= 11 is 1.21. The maximum atomic E-state index is 13.2. The van der Waals surface area contributed by atoms with Gasteiger partial charge in [0.25, 0.3) is 11.6 Å². The lowest BCUT2D eigenvalue weighted by Crippen LogP contribution is -2.33. The van der Waals surface area contributed by atoms with E-state index in [9.17, 15) is 24.8 Å². The largest absolute Gasteiger partial charge is 0.503 e. The summed E-state index contributed by atoms with van der Waals surface area (Å²) in [4.78, 5) is 38.7. The monoisotopic (exact) mass is 434 g/mol. The minimum absolute atomic E-state index is 0.0546. The number of amides is 1. The molecule has 1 aliphatic heterocycles. The Labute approximate surface area is 182 Å². The van der Waals surface area contributed by atoms with Gasteiger partial charge in [0.15, 0.2) is 5.76 Å². The quantitative estimate of drug-likeness (QED) is 0.336. The number of rotatable bonds is 7. The fourth-order valence-electron chi connectivity index (χ4n) is 3.71. The highest BCUT2D eigenvalue weighted by Gasteiger charge is 2.44. The Balaban J connectivity index is 1.75. The standard InChI is InChI=1S/C23H18N2O5S/c26-21(18-10-5-13-31-18)19-20(16-8-4-9-17(14-16)25(29)30)24(23(28)22(19)27)12-11-15-6-2-1-3-7-15/h1-10,13-14,20,27H,11-12H2. The van der Waals surface area contributed by atoms with Crippen LogP contribution in [-0.4, -0.2) is 33.2 Å². The number of ketones is 1. The van der Waals surface area contributed by atoms with E-state index in [1.807, 2.05) is 30.3 Å². The molecule has 1 aliphatic rings. The normalized spacial score (nSPS) is 16.1. The van der Waals surface area contributed by atoms with Gasteiger partial charge in [0.1, 0.15) is 0 Å². The second kappa shape index (κ2) is 8.53. The van der Waals surface area contributed by atoms with Gasteiger partial charge in [0.2, 0.25) is 5.78 Å². The number of aliphatic hydroxyl groups is 1. The van der Waals surface area contributed by atoms with Crippen LogP contribution in [0.1, 0.15) is 26.8 Å². The molecule has 0 radical (unpaired) electrons. The number of carbonyl (C=O) groups is 2. The van der Waals surface area contributed by atoms with Crippen molar-refractivity contribution in [1.82, 2.24) is 4.90 Å². The smallest absolute Gasteiger partial charge is 0.290 e. The summed E-state index contributed by atoms with van der Waals surface area (Å²) in [7, 11) is 0. The summed E-state index contributed by atoms with van der Waals surface area (Å²) in [6.45, 7) is 0.238. The lowest BCUT2D eigenvalue weighted by atomic mass is 9.95. The molecule has 1 unspecified atom stereocenters. The van der Waals surface area contributed by atoms with E-state index >= 15 is 0 Å². The molecule has 0 saturated carbocycles. The summed E-state index contributed by atoms with van der Waals surface area (Å²) in [5.74, 6) is -1.73. The van der Waals surface area contributed by atoms with Crippen molar-refractivity contribution >= 4 is 28.7 Å². The van der Waals surface area contributed by atoms with Crippen LogP contribution in [0.5, 0.6) is 0 Å². The molecule has 31 heavy (non-hydrogen) atoms. The van der Waals surface area contributed by atoms with Gasteiger partial charge in [-0.3, -0.25) is 19.7 Å². The fraction of sp³-hybridized carbons (Fsp3) is 0.130. The Morgan fingerprint density at radius 3 is 2.55 bits per heavy atom. The number of non-ortho nitro benzene ring substituents is 1. The van der Waals surface area contributed by atoms with Crippen LogP contribution in [0.2, 0.25) is 0 Å². The number of thiophene rings is 1. The molecule has 2 heterocycles. The third-order valence-corrected chi connectivity index (χ3v) is 6.04. The average Bonchev–Trinajstić information content (AvgIpc) is 3.40. The number of benzene rings is 2. The predicted octanol–water partition coefficient (Wildman–Crippen LogP) is 4.48. The lowest BCUT2D eigenvalue weighted by molar-refractivity contribution is -0.384. The van der Waals surface area contributed by atoms with Crippen LogP contribution in [0.3, 0.4) is 0 Å². The Bertz CT molecular complexity index is 1170. The number of nitrogens with zero attached hydrogens (tertiary/aromatic N) is 2. The Morgan fingerprint density at radius 2 is 1.87 bits per heavy atom. The summed E-state index contributed by atoms with van der Waals surface area (Å²) in [5, 5.41) is 23.7. The summed E-state index contributed by atoms with van der Waals surface area (Å²) in [6, 6.07) is 17.8. The molecule has 0 bridgehead atoms. The van der Waals surface area contributed by atoms with Gasteiger partial charge < -0.3 is 10.0 Å². The van der Waals surface area contributed by atoms with Gasteiger partial charge in [0, 0.05) is 18.7 Å². The first-order valence-electron chi connectivity index (χ1n) is 9.58. The Kier molecular flexibility index (Phi) is 5.64. The first-order chi connectivity index (χ1) is 15.0. The molecule has 1 atom stereocenters. The van der Waals surface area contributed by atoms with E-state index < -0.39 is 28.4 Å². The average molecular weight is 434 g/mol. The van der Waals surface area contributed by atoms with Crippen molar-refractivity contribution in [3.05, 3.63) is 110 Å². The van der Waals surface area contributed by atoms with E-state index in [0.717, 1.165) is 5.56 Å². The van der Waals surface area contributed by atoms with E-state index in [1.54, 1.807) is 23.6 Å². The molecule has 3 aromatic rings. The summed E-state index contributed by atoms with van der Waals surface area (Å²) in [6.07, 6.45) is 0.506. The van der Waals surface area contributed by atoms with Gasteiger partial charge in [-0.25, -0.2) is 0 Å². The van der Waals surface area contributed by atoms with E-state index in [2.05, 4.69) is 0 Å². The molecular formula is C23H18N2O5S. The predicted molar refractivity (Wildman–Crippen MR) is 116 cm³/mol. The lowest BCUT2D eigenvalue weighted by Gasteiger charge is -2.26. The zero-order chi connectivity index (χ0) is 22.0. The van der Waals surface area contributed by atoms with Gasteiger partial charge in [-0.2, -0.15) is 0 Å². The van der Waals surface area contributed by atoms with Crippen molar-refractivity contribution in [2.24, 2.45) is 0 Å².